The molecule has 0 N–H and O–H groups in total. The zero-order valence-electron chi connectivity index (χ0n) is 7.74. The molecule has 0 bridgehead atoms. The highest BCUT2D eigenvalue weighted by molar-refractivity contribution is 9.08. The third-order valence-corrected chi connectivity index (χ3v) is 2.71. The molecule has 0 aromatic heterocycles. The first kappa shape index (κ1) is 13.9. The lowest BCUT2D eigenvalue weighted by molar-refractivity contribution is -0.153. The Hall–Kier alpha value is -0.130. The number of alkyl halides is 4. The van der Waals surface area contributed by atoms with Gasteiger partial charge in [0.05, 0.1) is 5.02 Å². The van der Waals surface area contributed by atoms with Crippen LogP contribution in [0.15, 0.2) is 12.1 Å². The fraction of sp³-hybridized carbons (Fsp3) is 0.333. The molecule has 1 aromatic carbocycles. The molecular weight excluding hydrogens is 332 g/mol. The van der Waals surface area contributed by atoms with E-state index < -0.39 is 12.8 Å². The van der Waals surface area contributed by atoms with Gasteiger partial charge in [-0.1, -0.05) is 39.1 Å². The van der Waals surface area contributed by atoms with Crippen molar-refractivity contribution >= 4 is 39.1 Å². The molecule has 0 saturated carbocycles. The minimum Gasteiger partial charge on any atom is -0.482 e. The molecule has 0 amide bonds. The number of hydrogen-bond donors (Lipinski definition) is 0. The molecule has 1 rings (SSSR count). The number of ether oxygens (including phenoxy) is 1. The van der Waals surface area contributed by atoms with Gasteiger partial charge in [0.2, 0.25) is 0 Å². The van der Waals surface area contributed by atoms with E-state index in [1.54, 1.807) is 0 Å². The summed E-state index contributed by atoms with van der Waals surface area (Å²) in [5.41, 5.74) is 0.474. The maximum Gasteiger partial charge on any atom is 0.422 e. The Morgan fingerprint density at radius 1 is 1.25 bits per heavy atom. The van der Waals surface area contributed by atoms with E-state index in [4.69, 9.17) is 23.2 Å². The van der Waals surface area contributed by atoms with Crippen molar-refractivity contribution in [3.05, 3.63) is 27.7 Å². The summed E-state index contributed by atoms with van der Waals surface area (Å²) >= 11 is 14.6. The summed E-state index contributed by atoms with van der Waals surface area (Å²) < 4.78 is 40.6. The average molecular weight is 338 g/mol. The standard InChI is InChI=1S/C9H6BrCl2F3O/c10-3-5-1-6(11)2-7(12)8(5)16-4-9(13,14)15/h1-2H,3-4H2. The molecule has 0 aliphatic carbocycles. The minimum atomic E-state index is -4.40. The van der Waals surface area contributed by atoms with Crippen LogP contribution in [0.2, 0.25) is 10.0 Å². The number of halogens is 6. The predicted octanol–water partition coefficient (Wildman–Crippen LogP) is 4.83. The maximum absolute atomic E-state index is 12.0. The van der Waals surface area contributed by atoms with Gasteiger partial charge in [0.1, 0.15) is 5.75 Å². The molecular formula is C9H6BrCl2F3O. The van der Waals surface area contributed by atoms with Gasteiger partial charge in [-0.15, -0.1) is 0 Å². The lowest BCUT2D eigenvalue weighted by Crippen LogP contribution is -2.19. The molecule has 1 aromatic rings. The minimum absolute atomic E-state index is 0.000247. The monoisotopic (exact) mass is 336 g/mol. The van der Waals surface area contributed by atoms with E-state index >= 15 is 0 Å². The van der Waals surface area contributed by atoms with Gasteiger partial charge in [0, 0.05) is 15.9 Å². The Kier molecular flexibility index (Phi) is 4.76. The zero-order valence-corrected chi connectivity index (χ0v) is 10.8. The average Bonchev–Trinajstić information content (AvgIpc) is 2.13. The van der Waals surface area contributed by atoms with Crippen LogP contribution in [0, 0.1) is 0 Å². The molecule has 0 spiro atoms. The summed E-state index contributed by atoms with van der Waals surface area (Å²) in [6.07, 6.45) is -4.40. The number of benzene rings is 1. The molecule has 0 unspecified atom stereocenters. The Bertz CT molecular complexity index is 382. The van der Waals surface area contributed by atoms with Gasteiger partial charge in [-0.3, -0.25) is 0 Å². The second-order valence-corrected chi connectivity index (χ2v) is 4.32. The molecule has 0 heterocycles. The molecule has 90 valence electrons. The Morgan fingerprint density at radius 2 is 1.88 bits per heavy atom. The molecule has 0 fully saturated rings. The predicted molar refractivity (Wildman–Crippen MR) is 60.6 cm³/mol. The first-order valence-corrected chi connectivity index (χ1v) is 5.94. The largest absolute Gasteiger partial charge is 0.482 e. The van der Waals surface area contributed by atoms with E-state index in [1.165, 1.54) is 12.1 Å². The number of rotatable bonds is 3. The van der Waals surface area contributed by atoms with Crippen molar-refractivity contribution < 1.29 is 17.9 Å². The van der Waals surface area contributed by atoms with Gasteiger partial charge in [-0.2, -0.15) is 13.2 Å². The second kappa shape index (κ2) is 5.47. The van der Waals surface area contributed by atoms with E-state index in [0.717, 1.165) is 0 Å². The third kappa shape index (κ3) is 4.03. The second-order valence-electron chi connectivity index (χ2n) is 2.91. The highest BCUT2D eigenvalue weighted by Crippen LogP contribution is 2.34. The van der Waals surface area contributed by atoms with Gasteiger partial charge in [0.15, 0.2) is 6.61 Å². The van der Waals surface area contributed by atoms with Crippen LogP contribution in [0.4, 0.5) is 13.2 Å². The van der Waals surface area contributed by atoms with Crippen LogP contribution in [-0.4, -0.2) is 12.8 Å². The third-order valence-electron chi connectivity index (χ3n) is 1.61. The highest BCUT2D eigenvalue weighted by Gasteiger charge is 2.29. The first-order valence-electron chi connectivity index (χ1n) is 4.07. The SMILES string of the molecule is FC(F)(F)COc1c(Cl)cc(Cl)cc1CBr. The molecule has 0 aliphatic heterocycles. The summed E-state index contributed by atoms with van der Waals surface area (Å²) in [4.78, 5) is 0. The smallest absolute Gasteiger partial charge is 0.422 e. The normalized spacial score (nSPS) is 11.6. The quantitative estimate of drug-likeness (QED) is 0.718. The van der Waals surface area contributed by atoms with Crippen molar-refractivity contribution in [3.8, 4) is 5.75 Å². The topological polar surface area (TPSA) is 9.23 Å². The lowest BCUT2D eigenvalue weighted by atomic mass is 10.2. The van der Waals surface area contributed by atoms with E-state index in [1.807, 2.05) is 0 Å². The molecule has 0 atom stereocenters. The molecule has 0 saturated heterocycles. The Morgan fingerprint density at radius 3 is 2.38 bits per heavy atom. The van der Waals surface area contributed by atoms with Crippen LogP contribution in [0.25, 0.3) is 0 Å². The van der Waals surface area contributed by atoms with Crippen molar-refractivity contribution in [1.82, 2.24) is 0 Å². The maximum atomic E-state index is 12.0. The van der Waals surface area contributed by atoms with Crippen molar-refractivity contribution in [3.63, 3.8) is 0 Å². The van der Waals surface area contributed by atoms with E-state index in [-0.39, 0.29) is 10.8 Å². The zero-order chi connectivity index (χ0) is 12.3. The van der Waals surface area contributed by atoms with Gasteiger partial charge < -0.3 is 4.74 Å². The van der Waals surface area contributed by atoms with Crippen molar-refractivity contribution in [2.45, 2.75) is 11.5 Å². The van der Waals surface area contributed by atoms with Crippen LogP contribution < -0.4 is 4.74 Å². The summed E-state index contributed by atoms with van der Waals surface area (Å²) in [6, 6.07) is 2.83. The summed E-state index contributed by atoms with van der Waals surface area (Å²) in [7, 11) is 0. The van der Waals surface area contributed by atoms with Gasteiger partial charge in [0.25, 0.3) is 0 Å². The lowest BCUT2D eigenvalue weighted by Gasteiger charge is -2.13. The molecule has 0 aliphatic rings. The van der Waals surface area contributed by atoms with Crippen LogP contribution in [0.1, 0.15) is 5.56 Å². The van der Waals surface area contributed by atoms with Crippen molar-refractivity contribution in [2.24, 2.45) is 0 Å². The van der Waals surface area contributed by atoms with Crippen molar-refractivity contribution in [1.29, 1.82) is 0 Å². The summed E-state index contributed by atoms with van der Waals surface area (Å²) in [6.45, 7) is -1.38. The molecule has 7 heteroatoms. The van der Waals surface area contributed by atoms with Gasteiger partial charge in [-0.05, 0) is 12.1 Å². The van der Waals surface area contributed by atoms with Gasteiger partial charge in [-0.25, -0.2) is 0 Å². The summed E-state index contributed by atoms with van der Waals surface area (Å²) in [5, 5.41) is 0.713. The van der Waals surface area contributed by atoms with Crippen LogP contribution in [-0.2, 0) is 5.33 Å². The molecule has 0 radical (unpaired) electrons. The van der Waals surface area contributed by atoms with Gasteiger partial charge >= 0.3 is 6.18 Å². The summed E-state index contributed by atoms with van der Waals surface area (Å²) in [5.74, 6) is 0.000247. The van der Waals surface area contributed by atoms with E-state index in [0.29, 0.717) is 15.9 Å². The van der Waals surface area contributed by atoms with Crippen molar-refractivity contribution in [2.75, 3.05) is 6.61 Å². The molecule has 1 nitrogen and oxygen atoms in total. The highest BCUT2D eigenvalue weighted by atomic mass is 79.9. The fourth-order valence-electron chi connectivity index (χ4n) is 1.03. The Labute approximate surface area is 109 Å². The first-order chi connectivity index (χ1) is 7.33. The van der Waals surface area contributed by atoms with E-state index in [9.17, 15) is 13.2 Å². The van der Waals surface area contributed by atoms with Crippen LogP contribution >= 0.6 is 39.1 Å². The fourth-order valence-corrected chi connectivity index (χ4v) is 2.04. The molecule has 16 heavy (non-hydrogen) atoms. The Balaban J connectivity index is 2.94. The number of hydrogen-bond acceptors (Lipinski definition) is 1. The van der Waals surface area contributed by atoms with Crippen LogP contribution in [0.5, 0.6) is 5.75 Å². The van der Waals surface area contributed by atoms with Crippen LogP contribution in [0.3, 0.4) is 0 Å². The van der Waals surface area contributed by atoms with E-state index in [2.05, 4.69) is 20.7 Å².